The Morgan fingerprint density at radius 2 is 1.76 bits per heavy atom. The first-order chi connectivity index (χ1) is 15.9. The molecule has 1 amide bonds. The van der Waals surface area contributed by atoms with Crippen LogP contribution in [0, 0.1) is 0 Å². The highest BCUT2D eigenvalue weighted by Crippen LogP contribution is 2.27. The van der Waals surface area contributed by atoms with Crippen LogP contribution in [-0.2, 0) is 20.4 Å². The number of ether oxygens (including phenoxy) is 1. The van der Waals surface area contributed by atoms with Crippen molar-refractivity contribution in [3.8, 4) is 5.75 Å². The molecule has 9 nitrogen and oxygen atoms in total. The van der Waals surface area contributed by atoms with Crippen LogP contribution < -0.4 is 20.5 Å². The van der Waals surface area contributed by atoms with Gasteiger partial charge < -0.3 is 15.4 Å². The van der Waals surface area contributed by atoms with E-state index in [0.29, 0.717) is 28.1 Å². The van der Waals surface area contributed by atoms with Crippen LogP contribution in [-0.4, -0.2) is 38.3 Å². The molecule has 2 heterocycles. The summed E-state index contributed by atoms with van der Waals surface area (Å²) < 4.78 is 28.8. The molecule has 2 aliphatic rings. The lowest BCUT2D eigenvalue weighted by Gasteiger charge is -2.26. The summed E-state index contributed by atoms with van der Waals surface area (Å²) in [5.74, 6) is 0.467. The molecule has 0 saturated carbocycles. The lowest BCUT2D eigenvalue weighted by atomic mass is 9.94. The van der Waals surface area contributed by atoms with Gasteiger partial charge in [-0.05, 0) is 49.8 Å². The van der Waals surface area contributed by atoms with Crippen LogP contribution in [0.1, 0.15) is 31.9 Å². The van der Waals surface area contributed by atoms with Crippen molar-refractivity contribution >= 4 is 39.3 Å². The van der Waals surface area contributed by atoms with Gasteiger partial charge in [0.15, 0.2) is 6.17 Å². The summed E-state index contributed by atoms with van der Waals surface area (Å²) in [5, 5.41) is 11.6. The summed E-state index contributed by atoms with van der Waals surface area (Å²) in [5.41, 5.74) is 1.57. The highest BCUT2D eigenvalue weighted by molar-refractivity contribution is 7.89. The van der Waals surface area contributed by atoms with Crippen LogP contribution in [0.2, 0.25) is 0 Å². The molecule has 0 spiro atoms. The first kappa shape index (κ1) is 23.9. The fourth-order valence-corrected chi connectivity index (χ4v) is 4.57. The minimum atomic E-state index is -3.79. The number of fused-ring (bicyclic) bond motifs is 1. The van der Waals surface area contributed by atoms with Gasteiger partial charge in [-0.1, -0.05) is 35.9 Å². The van der Waals surface area contributed by atoms with E-state index in [1.54, 1.807) is 30.3 Å². The van der Waals surface area contributed by atoms with E-state index in [9.17, 15) is 13.2 Å². The van der Waals surface area contributed by atoms with E-state index in [4.69, 9.17) is 21.5 Å². The van der Waals surface area contributed by atoms with E-state index >= 15 is 0 Å². The molecular formula is C23H24ClN5O4S. The summed E-state index contributed by atoms with van der Waals surface area (Å²) in [7, 11) is -3.79. The number of hydrogen-bond acceptors (Lipinski definition) is 7. The second-order valence-electron chi connectivity index (χ2n) is 8.51. The van der Waals surface area contributed by atoms with E-state index in [-0.39, 0.29) is 16.8 Å². The minimum Gasteiger partial charge on any atom is -0.426 e. The summed E-state index contributed by atoms with van der Waals surface area (Å²) in [4.78, 5) is 20.6. The molecule has 0 bridgehead atoms. The Balaban J connectivity index is 1.49. The number of allylic oxidation sites excluding steroid dienone is 1. The number of nitrogens with zero attached hydrogens (tertiary/aromatic N) is 2. The van der Waals surface area contributed by atoms with Crippen molar-refractivity contribution in [3.63, 3.8) is 0 Å². The number of nitrogens with one attached hydrogen (secondary N) is 2. The standard InChI is InChI=1S/C23H24ClN5O4S/c1-13(30)29-23(2,3)15-6-8-16(9-7-15)33-22-26-19-12-18(24)20(27-21(19)28-22)14-4-10-17(11-5-14)34(25,31)32/h4-12,19,21H,1-3H3,(H,26,28)(H,29,30)(H2,25,31,32). The number of rotatable bonds is 5. The second kappa shape index (κ2) is 8.86. The van der Waals surface area contributed by atoms with Crippen LogP contribution in [0.5, 0.6) is 5.75 Å². The topological polar surface area (TPSA) is 135 Å². The maximum absolute atomic E-state index is 11.5. The number of amidine groups is 1. The average Bonchev–Trinajstić information content (AvgIpc) is 3.13. The maximum atomic E-state index is 11.5. The molecule has 0 radical (unpaired) electrons. The van der Waals surface area contributed by atoms with Crippen molar-refractivity contribution in [1.82, 2.24) is 10.6 Å². The van der Waals surface area contributed by atoms with Crippen molar-refractivity contribution in [2.45, 2.75) is 43.4 Å². The number of carbonyl (C=O) groups excluding carboxylic acids is 1. The van der Waals surface area contributed by atoms with Crippen molar-refractivity contribution in [2.24, 2.45) is 15.1 Å². The predicted molar refractivity (Wildman–Crippen MR) is 130 cm³/mol. The monoisotopic (exact) mass is 501 g/mol. The van der Waals surface area contributed by atoms with Gasteiger partial charge >= 0.3 is 0 Å². The van der Waals surface area contributed by atoms with Crippen LogP contribution in [0.4, 0.5) is 0 Å². The van der Waals surface area contributed by atoms with E-state index in [1.807, 2.05) is 26.0 Å². The number of primary sulfonamides is 1. The fourth-order valence-electron chi connectivity index (χ4n) is 3.76. The number of amides is 1. The van der Waals surface area contributed by atoms with Crippen LogP contribution in [0.3, 0.4) is 0 Å². The number of aliphatic imine (C=N–C) groups is 2. The quantitative estimate of drug-likeness (QED) is 0.578. The Morgan fingerprint density at radius 1 is 1.12 bits per heavy atom. The lowest BCUT2D eigenvalue weighted by molar-refractivity contribution is -0.120. The van der Waals surface area contributed by atoms with E-state index in [2.05, 4.69) is 20.6 Å². The number of carbonyl (C=O) groups is 1. The van der Waals surface area contributed by atoms with Gasteiger partial charge in [0.25, 0.3) is 6.02 Å². The second-order valence-corrected chi connectivity index (χ2v) is 10.5. The maximum Gasteiger partial charge on any atom is 0.293 e. The van der Waals surface area contributed by atoms with Gasteiger partial charge in [-0.3, -0.25) is 9.79 Å². The summed E-state index contributed by atoms with van der Waals surface area (Å²) in [6.07, 6.45) is 1.31. The van der Waals surface area contributed by atoms with Gasteiger partial charge in [0.1, 0.15) is 5.75 Å². The van der Waals surface area contributed by atoms with E-state index < -0.39 is 21.7 Å². The Morgan fingerprint density at radius 3 is 2.35 bits per heavy atom. The predicted octanol–water partition coefficient (Wildman–Crippen LogP) is 2.36. The number of halogens is 1. The molecule has 0 saturated heterocycles. The summed E-state index contributed by atoms with van der Waals surface area (Å²) in [6.45, 7) is 5.33. The normalized spacial score (nSPS) is 19.9. The van der Waals surface area contributed by atoms with Crippen molar-refractivity contribution in [3.05, 3.63) is 70.8 Å². The Labute approximate surface area is 202 Å². The van der Waals surface area contributed by atoms with Crippen molar-refractivity contribution < 1.29 is 17.9 Å². The van der Waals surface area contributed by atoms with Crippen LogP contribution >= 0.6 is 11.6 Å². The van der Waals surface area contributed by atoms with Gasteiger partial charge in [-0.2, -0.15) is 0 Å². The molecule has 0 fully saturated rings. The number of benzene rings is 2. The molecule has 11 heteroatoms. The Kier molecular flexibility index (Phi) is 6.24. The van der Waals surface area contributed by atoms with E-state index in [1.165, 1.54) is 19.1 Å². The molecule has 34 heavy (non-hydrogen) atoms. The fraction of sp³-hybridized carbons (Fsp3) is 0.261. The molecule has 0 aromatic heterocycles. The molecule has 2 aliphatic heterocycles. The summed E-state index contributed by atoms with van der Waals surface area (Å²) in [6, 6.07) is 13.4. The summed E-state index contributed by atoms with van der Waals surface area (Å²) >= 11 is 6.44. The van der Waals surface area contributed by atoms with Gasteiger partial charge in [0, 0.05) is 12.5 Å². The molecule has 0 aliphatic carbocycles. The van der Waals surface area contributed by atoms with E-state index in [0.717, 1.165) is 5.56 Å². The SMILES string of the molecule is CC(=O)NC(C)(C)c1ccc(OC2=NC3N=C(c4ccc(S(N)(=O)=O)cc4)C(Cl)=CC3N2)cc1. The van der Waals surface area contributed by atoms with Gasteiger partial charge in [0.2, 0.25) is 15.9 Å². The first-order valence-corrected chi connectivity index (χ1v) is 12.3. The molecule has 178 valence electrons. The number of nitrogens with two attached hydrogens (primary N) is 1. The zero-order valence-corrected chi connectivity index (χ0v) is 20.3. The molecule has 2 aromatic rings. The number of dihydropyridines is 1. The highest BCUT2D eigenvalue weighted by Gasteiger charge is 2.33. The molecule has 2 unspecified atom stereocenters. The van der Waals surface area contributed by atoms with Crippen LogP contribution in [0.15, 0.2) is 74.5 Å². The third-order valence-corrected chi connectivity index (χ3v) is 6.64. The molecule has 4 rings (SSSR count). The third kappa shape index (κ3) is 5.14. The zero-order valence-electron chi connectivity index (χ0n) is 18.7. The van der Waals surface area contributed by atoms with Crippen LogP contribution in [0.25, 0.3) is 0 Å². The molecular weight excluding hydrogens is 478 g/mol. The smallest absolute Gasteiger partial charge is 0.293 e. The largest absolute Gasteiger partial charge is 0.426 e. The number of sulfonamides is 1. The van der Waals surface area contributed by atoms with Crippen molar-refractivity contribution in [1.29, 1.82) is 0 Å². The van der Waals surface area contributed by atoms with Gasteiger partial charge in [0.05, 0.1) is 27.2 Å². The highest BCUT2D eigenvalue weighted by atomic mass is 35.5. The molecule has 4 N–H and O–H groups in total. The molecule has 2 atom stereocenters. The Bertz CT molecular complexity index is 1320. The third-order valence-electron chi connectivity index (χ3n) is 5.41. The average molecular weight is 502 g/mol. The number of hydrogen-bond donors (Lipinski definition) is 3. The lowest BCUT2D eigenvalue weighted by Crippen LogP contribution is -2.39. The Hall–Kier alpha value is -3.21. The molecule has 2 aromatic carbocycles. The van der Waals surface area contributed by atoms with Gasteiger partial charge in [-0.25, -0.2) is 18.5 Å². The first-order valence-electron chi connectivity index (χ1n) is 10.4. The van der Waals surface area contributed by atoms with Crippen molar-refractivity contribution in [2.75, 3.05) is 0 Å². The zero-order chi connectivity index (χ0) is 24.7. The van der Waals surface area contributed by atoms with Gasteiger partial charge in [-0.15, -0.1) is 0 Å². The minimum absolute atomic E-state index is 0.00774.